The summed E-state index contributed by atoms with van der Waals surface area (Å²) in [6, 6.07) is 12.6. The SMILES string of the molecule is CC(OC(=O)c1c2c(nc3ccccc13)CCN(C)C2)C(=O)Nc1ccc2c(c1)OCO2. The van der Waals surface area contributed by atoms with E-state index in [4.69, 9.17) is 19.2 Å². The van der Waals surface area contributed by atoms with Crippen LogP contribution >= 0.6 is 0 Å². The zero-order chi connectivity index (χ0) is 22.2. The van der Waals surface area contributed by atoms with Gasteiger partial charge in [0, 0.05) is 47.9 Å². The lowest BCUT2D eigenvalue weighted by Gasteiger charge is -2.27. The third-order valence-corrected chi connectivity index (χ3v) is 5.73. The van der Waals surface area contributed by atoms with Crippen molar-refractivity contribution in [3.8, 4) is 11.5 Å². The Morgan fingerprint density at radius 1 is 1.16 bits per heavy atom. The lowest BCUT2D eigenvalue weighted by atomic mass is 9.96. The van der Waals surface area contributed by atoms with Gasteiger partial charge < -0.3 is 24.4 Å². The van der Waals surface area contributed by atoms with E-state index in [0.717, 1.165) is 35.1 Å². The first-order valence-electron chi connectivity index (χ1n) is 10.5. The van der Waals surface area contributed by atoms with Gasteiger partial charge >= 0.3 is 5.97 Å². The minimum Gasteiger partial charge on any atom is -0.454 e. The molecule has 5 rings (SSSR count). The Bertz CT molecular complexity index is 1230. The molecule has 0 bridgehead atoms. The van der Waals surface area contributed by atoms with Crippen LogP contribution < -0.4 is 14.8 Å². The van der Waals surface area contributed by atoms with Crippen LogP contribution in [-0.4, -0.2) is 48.2 Å². The Labute approximate surface area is 185 Å². The third kappa shape index (κ3) is 3.73. The number of likely N-dealkylation sites (N-methyl/N-ethyl adjacent to an activating group) is 1. The standard InChI is InChI=1S/C24H23N3O5/c1-14(23(28)25-15-7-8-20-21(11-15)31-13-30-20)32-24(29)22-16-5-3-4-6-18(16)26-19-9-10-27(2)12-17(19)22/h3-8,11,14H,9-10,12-13H2,1-2H3,(H,25,28). The number of ether oxygens (including phenoxy) is 3. The summed E-state index contributed by atoms with van der Waals surface area (Å²) in [4.78, 5) is 32.9. The van der Waals surface area contributed by atoms with Gasteiger partial charge in [-0.25, -0.2) is 4.79 Å². The Morgan fingerprint density at radius 3 is 2.84 bits per heavy atom. The molecule has 0 saturated heterocycles. The van der Waals surface area contributed by atoms with Gasteiger partial charge in [0.1, 0.15) is 0 Å². The molecule has 8 heteroatoms. The number of hydrogen-bond acceptors (Lipinski definition) is 7. The molecule has 0 saturated carbocycles. The molecule has 1 aromatic heterocycles. The van der Waals surface area contributed by atoms with Crippen LogP contribution in [0.2, 0.25) is 0 Å². The highest BCUT2D eigenvalue weighted by Gasteiger charge is 2.28. The largest absolute Gasteiger partial charge is 0.454 e. The fourth-order valence-electron chi connectivity index (χ4n) is 4.05. The average Bonchev–Trinajstić information content (AvgIpc) is 3.25. The number of esters is 1. The number of para-hydroxylation sites is 1. The van der Waals surface area contributed by atoms with Crippen LogP contribution in [0.25, 0.3) is 10.9 Å². The molecule has 3 heterocycles. The van der Waals surface area contributed by atoms with Crippen molar-refractivity contribution in [2.24, 2.45) is 0 Å². The highest BCUT2D eigenvalue weighted by Crippen LogP contribution is 2.34. The predicted octanol–water partition coefficient (Wildman–Crippen LogP) is 3.14. The zero-order valence-electron chi connectivity index (χ0n) is 17.9. The van der Waals surface area contributed by atoms with E-state index in [1.54, 1.807) is 25.1 Å². The van der Waals surface area contributed by atoms with Gasteiger partial charge in [-0.3, -0.25) is 9.78 Å². The lowest BCUT2D eigenvalue weighted by Crippen LogP contribution is -2.32. The van der Waals surface area contributed by atoms with Gasteiger partial charge in [-0.15, -0.1) is 0 Å². The number of carbonyl (C=O) groups is 2. The normalized spacial score (nSPS) is 15.8. The van der Waals surface area contributed by atoms with Gasteiger partial charge in [-0.2, -0.15) is 0 Å². The summed E-state index contributed by atoms with van der Waals surface area (Å²) in [6.07, 6.45) is -0.228. The topological polar surface area (TPSA) is 90.0 Å². The van der Waals surface area contributed by atoms with E-state index in [1.807, 2.05) is 31.3 Å². The van der Waals surface area contributed by atoms with E-state index < -0.39 is 18.0 Å². The molecule has 0 radical (unpaired) electrons. The summed E-state index contributed by atoms with van der Waals surface area (Å²) >= 11 is 0. The molecular formula is C24H23N3O5. The minimum atomic E-state index is -0.989. The first-order chi connectivity index (χ1) is 15.5. The molecule has 1 atom stereocenters. The molecular weight excluding hydrogens is 410 g/mol. The number of fused-ring (bicyclic) bond motifs is 3. The second kappa shape index (κ2) is 8.12. The number of benzene rings is 2. The van der Waals surface area contributed by atoms with Crippen LogP contribution in [-0.2, 0) is 22.5 Å². The summed E-state index contributed by atoms with van der Waals surface area (Å²) in [5.74, 6) is 0.235. The molecule has 8 nitrogen and oxygen atoms in total. The molecule has 2 aliphatic heterocycles. The molecule has 0 spiro atoms. The Kier molecular flexibility index (Phi) is 5.14. The maximum absolute atomic E-state index is 13.3. The maximum atomic E-state index is 13.3. The zero-order valence-corrected chi connectivity index (χ0v) is 17.9. The summed E-state index contributed by atoms with van der Waals surface area (Å²) in [5, 5.41) is 3.49. The molecule has 1 amide bonds. The van der Waals surface area contributed by atoms with Crippen molar-refractivity contribution in [3.05, 3.63) is 59.3 Å². The van der Waals surface area contributed by atoms with Crippen molar-refractivity contribution in [2.45, 2.75) is 26.0 Å². The molecule has 1 unspecified atom stereocenters. The Balaban J connectivity index is 1.38. The van der Waals surface area contributed by atoms with Crippen molar-refractivity contribution in [2.75, 3.05) is 25.7 Å². The molecule has 2 aromatic carbocycles. The number of aromatic nitrogens is 1. The van der Waals surface area contributed by atoms with Crippen molar-refractivity contribution in [1.82, 2.24) is 9.88 Å². The van der Waals surface area contributed by atoms with Gasteiger partial charge in [0.2, 0.25) is 6.79 Å². The molecule has 32 heavy (non-hydrogen) atoms. The van der Waals surface area contributed by atoms with E-state index in [1.165, 1.54) is 0 Å². The summed E-state index contributed by atoms with van der Waals surface area (Å²) < 4.78 is 16.2. The van der Waals surface area contributed by atoms with Crippen LogP contribution in [0.4, 0.5) is 5.69 Å². The number of anilines is 1. The Hall–Kier alpha value is -3.65. The smallest absolute Gasteiger partial charge is 0.339 e. The summed E-state index contributed by atoms with van der Waals surface area (Å²) in [5.41, 5.74) is 3.55. The number of amides is 1. The number of carbonyl (C=O) groups excluding carboxylic acids is 2. The first kappa shape index (κ1) is 20.3. The van der Waals surface area contributed by atoms with Crippen LogP contribution in [0.5, 0.6) is 11.5 Å². The van der Waals surface area contributed by atoms with Gasteiger partial charge in [0.15, 0.2) is 17.6 Å². The second-order valence-electron chi connectivity index (χ2n) is 8.02. The molecule has 164 valence electrons. The van der Waals surface area contributed by atoms with E-state index in [0.29, 0.717) is 29.3 Å². The van der Waals surface area contributed by atoms with E-state index in [-0.39, 0.29) is 6.79 Å². The summed E-state index contributed by atoms with van der Waals surface area (Å²) in [6.45, 7) is 3.19. The predicted molar refractivity (Wildman–Crippen MR) is 118 cm³/mol. The minimum absolute atomic E-state index is 0.153. The van der Waals surface area contributed by atoms with Crippen LogP contribution in [0.3, 0.4) is 0 Å². The fraction of sp³-hybridized carbons (Fsp3) is 0.292. The quantitative estimate of drug-likeness (QED) is 0.632. The van der Waals surface area contributed by atoms with Gasteiger partial charge in [-0.05, 0) is 32.2 Å². The monoisotopic (exact) mass is 433 g/mol. The van der Waals surface area contributed by atoms with E-state index >= 15 is 0 Å². The van der Waals surface area contributed by atoms with Crippen molar-refractivity contribution in [3.63, 3.8) is 0 Å². The second-order valence-corrected chi connectivity index (χ2v) is 8.02. The molecule has 3 aromatic rings. The number of pyridine rings is 1. The highest BCUT2D eigenvalue weighted by atomic mass is 16.7. The van der Waals surface area contributed by atoms with Gasteiger partial charge in [0.25, 0.3) is 5.91 Å². The van der Waals surface area contributed by atoms with Crippen molar-refractivity contribution in [1.29, 1.82) is 0 Å². The van der Waals surface area contributed by atoms with Crippen LogP contribution in [0, 0.1) is 0 Å². The van der Waals surface area contributed by atoms with E-state index in [9.17, 15) is 9.59 Å². The third-order valence-electron chi connectivity index (χ3n) is 5.73. The number of rotatable bonds is 4. The van der Waals surface area contributed by atoms with Gasteiger partial charge in [-0.1, -0.05) is 18.2 Å². The fourth-order valence-corrected chi connectivity index (χ4v) is 4.05. The van der Waals surface area contributed by atoms with Crippen LogP contribution in [0.1, 0.15) is 28.5 Å². The first-order valence-corrected chi connectivity index (χ1v) is 10.5. The Morgan fingerprint density at radius 2 is 1.97 bits per heavy atom. The highest BCUT2D eigenvalue weighted by molar-refractivity contribution is 6.06. The number of nitrogens with one attached hydrogen (secondary N) is 1. The maximum Gasteiger partial charge on any atom is 0.339 e. The number of hydrogen-bond donors (Lipinski definition) is 1. The number of nitrogens with zero attached hydrogens (tertiary/aromatic N) is 2. The molecule has 0 aliphatic carbocycles. The van der Waals surface area contributed by atoms with Crippen LogP contribution in [0.15, 0.2) is 42.5 Å². The molecule has 2 aliphatic rings. The molecule has 1 N–H and O–H groups in total. The van der Waals surface area contributed by atoms with Gasteiger partial charge in [0.05, 0.1) is 11.1 Å². The molecule has 0 fully saturated rings. The lowest BCUT2D eigenvalue weighted by molar-refractivity contribution is -0.123. The van der Waals surface area contributed by atoms with Crippen molar-refractivity contribution < 1.29 is 23.8 Å². The average molecular weight is 433 g/mol. The van der Waals surface area contributed by atoms with E-state index in [2.05, 4.69) is 10.2 Å². The van der Waals surface area contributed by atoms with Crippen molar-refractivity contribution >= 4 is 28.5 Å². The summed E-state index contributed by atoms with van der Waals surface area (Å²) in [7, 11) is 2.01.